The Bertz CT molecular complexity index is 960. The molecule has 1 amide bonds. The molecule has 0 spiro atoms. The van der Waals surface area contributed by atoms with E-state index in [1.807, 2.05) is 17.0 Å². The van der Waals surface area contributed by atoms with Crippen molar-refractivity contribution >= 4 is 23.2 Å². The molecule has 3 aromatic rings. The highest BCUT2D eigenvalue weighted by Gasteiger charge is 2.30. The summed E-state index contributed by atoms with van der Waals surface area (Å²) in [6, 6.07) is 13.0. The Morgan fingerprint density at radius 3 is 2.71 bits per heavy atom. The van der Waals surface area contributed by atoms with E-state index in [4.69, 9.17) is 4.42 Å². The van der Waals surface area contributed by atoms with Crippen molar-refractivity contribution in [3.8, 4) is 0 Å². The molecule has 1 aliphatic heterocycles. The molecule has 1 unspecified atom stereocenters. The van der Waals surface area contributed by atoms with E-state index in [2.05, 4.69) is 46.1 Å². The zero-order chi connectivity index (χ0) is 19.1. The lowest BCUT2D eigenvalue weighted by Crippen LogP contribution is -2.54. The molecule has 6 heteroatoms. The molecule has 0 radical (unpaired) electrons. The minimum Gasteiger partial charge on any atom is -0.404 e. The Balaban J connectivity index is 1.23. The zero-order valence-corrected chi connectivity index (χ0v) is 16.0. The lowest BCUT2D eigenvalue weighted by molar-refractivity contribution is -0.132. The Morgan fingerprint density at radius 1 is 1.18 bits per heavy atom. The minimum atomic E-state index is 0.106. The van der Waals surface area contributed by atoms with E-state index in [1.165, 1.54) is 18.4 Å². The van der Waals surface area contributed by atoms with E-state index in [9.17, 15) is 4.79 Å². The van der Waals surface area contributed by atoms with Crippen LogP contribution in [0, 0.1) is 0 Å². The first kappa shape index (κ1) is 17.2. The molecule has 5 rings (SSSR count). The molecular weight excluding hydrogens is 352 g/mol. The number of carbonyl (C=O) groups excluding carboxylic acids is 1. The third-order valence-electron chi connectivity index (χ3n) is 5.76. The van der Waals surface area contributed by atoms with Crippen molar-refractivity contribution in [1.82, 2.24) is 14.9 Å². The van der Waals surface area contributed by atoms with Gasteiger partial charge in [-0.05, 0) is 48.9 Å². The number of piperazine rings is 1. The van der Waals surface area contributed by atoms with Crippen molar-refractivity contribution < 1.29 is 9.21 Å². The molecule has 1 saturated carbocycles. The van der Waals surface area contributed by atoms with Crippen LogP contribution in [0.3, 0.4) is 0 Å². The van der Waals surface area contributed by atoms with Crippen molar-refractivity contribution in [2.75, 3.05) is 24.5 Å². The van der Waals surface area contributed by atoms with Gasteiger partial charge in [-0.2, -0.15) is 4.98 Å². The van der Waals surface area contributed by atoms with Crippen LogP contribution in [0.15, 0.2) is 47.0 Å². The summed E-state index contributed by atoms with van der Waals surface area (Å²) in [6.07, 6.45) is 4.77. The summed E-state index contributed by atoms with van der Waals surface area (Å²) in [5.41, 5.74) is 3.82. The number of benzene rings is 1. The molecule has 2 fully saturated rings. The first-order valence-electron chi connectivity index (χ1n) is 10.0. The van der Waals surface area contributed by atoms with Crippen LogP contribution in [-0.2, 0) is 11.2 Å². The Morgan fingerprint density at radius 2 is 2.00 bits per heavy atom. The van der Waals surface area contributed by atoms with Gasteiger partial charge in [0.1, 0.15) is 5.52 Å². The number of anilines is 1. The fourth-order valence-electron chi connectivity index (χ4n) is 4.00. The summed E-state index contributed by atoms with van der Waals surface area (Å²) in [4.78, 5) is 25.7. The van der Waals surface area contributed by atoms with Gasteiger partial charge < -0.3 is 14.2 Å². The highest BCUT2D eigenvalue weighted by Crippen LogP contribution is 2.39. The number of carbonyl (C=O) groups is 1. The molecule has 0 bridgehead atoms. The van der Waals surface area contributed by atoms with E-state index in [-0.39, 0.29) is 11.9 Å². The van der Waals surface area contributed by atoms with Crippen molar-refractivity contribution in [3.63, 3.8) is 0 Å². The topological polar surface area (TPSA) is 62.5 Å². The standard InChI is InChI=1S/C22H24N4O2/c1-15-14-25(22-24-19-3-2-10-23-21(19)28-22)11-12-26(15)20(27)13-16-4-6-17(7-5-16)18-8-9-18/h2-7,10,15,18H,8-9,11-14H2,1H3. The number of pyridine rings is 1. The van der Waals surface area contributed by atoms with Gasteiger partial charge in [-0.1, -0.05) is 24.3 Å². The van der Waals surface area contributed by atoms with Gasteiger partial charge in [0.05, 0.1) is 6.42 Å². The molecular formula is C22H24N4O2. The van der Waals surface area contributed by atoms with Gasteiger partial charge in [0.15, 0.2) is 0 Å². The van der Waals surface area contributed by atoms with Gasteiger partial charge in [0.2, 0.25) is 11.6 Å². The molecule has 2 aliphatic rings. The van der Waals surface area contributed by atoms with E-state index in [0.29, 0.717) is 37.8 Å². The van der Waals surface area contributed by atoms with E-state index in [0.717, 1.165) is 17.0 Å². The second-order valence-corrected chi connectivity index (χ2v) is 7.90. The average Bonchev–Trinajstić information content (AvgIpc) is 3.46. The number of aromatic nitrogens is 2. The maximum Gasteiger partial charge on any atom is 0.299 e. The quantitative estimate of drug-likeness (QED) is 0.699. The summed E-state index contributed by atoms with van der Waals surface area (Å²) in [5, 5.41) is 0. The van der Waals surface area contributed by atoms with Crippen LogP contribution in [-0.4, -0.2) is 46.5 Å². The zero-order valence-electron chi connectivity index (χ0n) is 16.0. The molecule has 28 heavy (non-hydrogen) atoms. The molecule has 1 aromatic carbocycles. The number of hydrogen-bond donors (Lipinski definition) is 0. The lowest BCUT2D eigenvalue weighted by atomic mass is 10.0. The maximum absolute atomic E-state index is 12.9. The van der Waals surface area contributed by atoms with E-state index in [1.54, 1.807) is 6.20 Å². The minimum absolute atomic E-state index is 0.106. The van der Waals surface area contributed by atoms with Crippen LogP contribution in [0.5, 0.6) is 0 Å². The molecule has 1 aliphatic carbocycles. The smallest absolute Gasteiger partial charge is 0.299 e. The lowest BCUT2D eigenvalue weighted by Gasteiger charge is -2.39. The number of fused-ring (bicyclic) bond motifs is 1. The van der Waals surface area contributed by atoms with Crippen molar-refractivity contribution in [1.29, 1.82) is 0 Å². The van der Waals surface area contributed by atoms with Crippen molar-refractivity contribution in [2.24, 2.45) is 0 Å². The number of oxazole rings is 1. The van der Waals surface area contributed by atoms with Crippen LogP contribution in [0.2, 0.25) is 0 Å². The van der Waals surface area contributed by atoms with E-state index >= 15 is 0 Å². The molecule has 0 N–H and O–H groups in total. The van der Waals surface area contributed by atoms with Crippen molar-refractivity contribution in [2.45, 2.75) is 38.1 Å². The average molecular weight is 376 g/mol. The van der Waals surface area contributed by atoms with Gasteiger partial charge in [-0.25, -0.2) is 4.98 Å². The number of amides is 1. The summed E-state index contributed by atoms with van der Waals surface area (Å²) < 4.78 is 5.78. The first-order valence-corrected chi connectivity index (χ1v) is 10.0. The van der Waals surface area contributed by atoms with Crippen LogP contribution in [0.4, 0.5) is 6.01 Å². The third kappa shape index (κ3) is 3.35. The molecule has 2 aromatic heterocycles. The van der Waals surface area contributed by atoms with Crippen LogP contribution >= 0.6 is 0 Å². The monoisotopic (exact) mass is 376 g/mol. The van der Waals surface area contributed by atoms with Crippen LogP contribution in [0.25, 0.3) is 11.2 Å². The normalized spacial score (nSPS) is 20.0. The number of nitrogens with zero attached hydrogens (tertiary/aromatic N) is 4. The highest BCUT2D eigenvalue weighted by atomic mass is 16.4. The maximum atomic E-state index is 12.9. The van der Waals surface area contributed by atoms with Crippen molar-refractivity contribution in [3.05, 3.63) is 53.7 Å². The Labute approximate surface area is 164 Å². The molecule has 1 atom stereocenters. The molecule has 3 heterocycles. The van der Waals surface area contributed by atoms with Gasteiger partial charge in [0.25, 0.3) is 6.01 Å². The van der Waals surface area contributed by atoms with E-state index < -0.39 is 0 Å². The second-order valence-electron chi connectivity index (χ2n) is 7.90. The first-order chi connectivity index (χ1) is 13.7. The van der Waals surface area contributed by atoms with Gasteiger partial charge >= 0.3 is 0 Å². The van der Waals surface area contributed by atoms with Gasteiger partial charge in [-0.15, -0.1) is 0 Å². The Kier molecular flexibility index (Phi) is 4.26. The third-order valence-corrected chi connectivity index (χ3v) is 5.76. The number of hydrogen-bond acceptors (Lipinski definition) is 5. The summed E-state index contributed by atoms with van der Waals surface area (Å²) in [7, 11) is 0. The predicted molar refractivity (Wildman–Crippen MR) is 107 cm³/mol. The SMILES string of the molecule is CC1CN(c2nc3cccnc3o2)CCN1C(=O)Cc1ccc(C2CC2)cc1. The van der Waals surface area contributed by atoms with Gasteiger partial charge in [-0.3, -0.25) is 4.79 Å². The summed E-state index contributed by atoms with van der Waals surface area (Å²) in [5.74, 6) is 0.936. The number of rotatable bonds is 4. The highest BCUT2D eigenvalue weighted by molar-refractivity contribution is 5.79. The molecule has 6 nitrogen and oxygen atoms in total. The summed E-state index contributed by atoms with van der Waals surface area (Å²) >= 11 is 0. The fraction of sp³-hybridized carbons (Fsp3) is 0.409. The second kappa shape index (κ2) is 6.93. The largest absolute Gasteiger partial charge is 0.404 e. The molecule has 1 saturated heterocycles. The van der Waals surface area contributed by atoms with Crippen LogP contribution < -0.4 is 4.90 Å². The van der Waals surface area contributed by atoms with Crippen LogP contribution in [0.1, 0.15) is 36.8 Å². The van der Waals surface area contributed by atoms with Gasteiger partial charge in [0, 0.05) is 31.9 Å². The summed E-state index contributed by atoms with van der Waals surface area (Å²) in [6.45, 7) is 4.18. The Hall–Kier alpha value is -2.89. The molecule has 144 valence electrons. The fourth-order valence-corrected chi connectivity index (χ4v) is 4.00. The predicted octanol–water partition coefficient (Wildman–Crippen LogP) is 3.38.